The summed E-state index contributed by atoms with van der Waals surface area (Å²) in [7, 11) is 0. The highest BCUT2D eigenvalue weighted by molar-refractivity contribution is 5.69. The number of rotatable bonds is 23. The summed E-state index contributed by atoms with van der Waals surface area (Å²) in [5.41, 5.74) is 0. The molecule has 28 heavy (non-hydrogen) atoms. The smallest absolute Gasteiger partial charge is 0.308 e. The van der Waals surface area contributed by atoms with E-state index < -0.39 is 0 Å². The maximum absolute atomic E-state index is 11.1. The van der Waals surface area contributed by atoms with Crippen LogP contribution in [0.3, 0.4) is 0 Å². The molecule has 0 aromatic carbocycles. The molecule has 0 bridgehead atoms. The normalized spacial score (nSPS) is 11.1. The Labute approximate surface area is 168 Å². The van der Waals surface area contributed by atoms with Crippen molar-refractivity contribution in [1.29, 1.82) is 0 Å². The molecule has 0 aliphatic heterocycles. The Morgan fingerprint density at radius 1 is 0.464 bits per heavy atom. The third kappa shape index (κ3) is 23.2. The molecule has 0 aromatic rings. The van der Waals surface area contributed by atoms with Crippen LogP contribution >= 0.6 is 0 Å². The van der Waals surface area contributed by atoms with Crippen LogP contribution in [0.1, 0.15) is 20.3 Å². The first-order chi connectivity index (χ1) is 13.8. The van der Waals surface area contributed by atoms with Crippen LogP contribution in [0.2, 0.25) is 0 Å². The van der Waals surface area contributed by atoms with Crippen LogP contribution in [0, 0.1) is 0 Å². The van der Waals surface area contributed by atoms with Crippen molar-refractivity contribution < 1.29 is 42.7 Å². The molecule has 0 amide bonds. The zero-order chi connectivity index (χ0) is 20.5. The third-order valence-electron chi connectivity index (χ3n) is 3.19. The van der Waals surface area contributed by atoms with E-state index in [4.69, 9.17) is 37.9 Å². The number of carbonyl (C=O) groups is 1. The van der Waals surface area contributed by atoms with Crippen molar-refractivity contribution in [2.45, 2.75) is 20.3 Å². The molecule has 0 aliphatic rings. The van der Waals surface area contributed by atoms with Crippen molar-refractivity contribution in [2.24, 2.45) is 0 Å². The van der Waals surface area contributed by atoms with Gasteiger partial charge < -0.3 is 37.9 Å². The van der Waals surface area contributed by atoms with Gasteiger partial charge in [0, 0.05) is 6.61 Å². The molecule has 0 heterocycles. The summed E-state index contributed by atoms with van der Waals surface area (Å²) in [5.74, 6) is -0.243. The van der Waals surface area contributed by atoms with Crippen LogP contribution in [0.25, 0.3) is 0 Å². The Bertz CT molecular complexity index is 316. The molecule has 0 saturated carbocycles. The van der Waals surface area contributed by atoms with Gasteiger partial charge in [-0.2, -0.15) is 0 Å². The molecule has 9 nitrogen and oxygen atoms in total. The highest BCUT2D eigenvalue weighted by Crippen LogP contribution is 1.89. The predicted molar refractivity (Wildman–Crippen MR) is 103 cm³/mol. The first kappa shape index (κ1) is 27.2. The van der Waals surface area contributed by atoms with Crippen molar-refractivity contribution in [1.82, 2.24) is 0 Å². The molecule has 0 unspecified atom stereocenters. The van der Waals surface area contributed by atoms with E-state index in [-0.39, 0.29) is 12.4 Å². The maximum Gasteiger partial charge on any atom is 0.308 e. The summed E-state index contributed by atoms with van der Waals surface area (Å²) >= 11 is 0. The van der Waals surface area contributed by atoms with E-state index in [0.29, 0.717) is 99.1 Å². The van der Waals surface area contributed by atoms with E-state index in [1.54, 1.807) is 6.92 Å². The molecular formula is C19H38O9. The fourth-order valence-corrected chi connectivity index (χ4v) is 1.85. The van der Waals surface area contributed by atoms with Gasteiger partial charge in [-0.3, -0.25) is 4.79 Å². The minimum absolute atomic E-state index is 0.243. The van der Waals surface area contributed by atoms with Crippen LogP contribution in [0.4, 0.5) is 0 Å². The van der Waals surface area contributed by atoms with Crippen LogP contribution in [-0.2, 0) is 42.7 Å². The van der Waals surface area contributed by atoms with Crippen molar-refractivity contribution in [3.05, 3.63) is 0 Å². The molecule has 0 radical (unpaired) electrons. The molecule has 0 N–H and O–H groups in total. The van der Waals surface area contributed by atoms with Gasteiger partial charge in [0.1, 0.15) is 0 Å². The van der Waals surface area contributed by atoms with Crippen molar-refractivity contribution in [2.75, 3.05) is 99.1 Å². The molecule has 0 aromatic heterocycles. The number of hydrogen-bond acceptors (Lipinski definition) is 9. The quantitative estimate of drug-likeness (QED) is 0.181. The molecule has 168 valence electrons. The van der Waals surface area contributed by atoms with E-state index in [1.165, 1.54) is 0 Å². The van der Waals surface area contributed by atoms with Gasteiger partial charge in [0.25, 0.3) is 0 Å². The summed E-state index contributed by atoms with van der Waals surface area (Å²) in [6, 6.07) is 0. The van der Waals surface area contributed by atoms with Crippen molar-refractivity contribution >= 4 is 5.97 Å². The number of hydrogen-bond donors (Lipinski definition) is 0. The average molecular weight is 411 g/mol. The van der Waals surface area contributed by atoms with Crippen LogP contribution in [0.15, 0.2) is 0 Å². The molecule has 9 heteroatoms. The lowest BCUT2D eigenvalue weighted by molar-refractivity contribution is -0.144. The fraction of sp³-hybridized carbons (Fsp3) is 0.947. The monoisotopic (exact) mass is 410 g/mol. The van der Waals surface area contributed by atoms with Crippen molar-refractivity contribution in [3.63, 3.8) is 0 Å². The van der Waals surface area contributed by atoms with E-state index in [1.807, 2.05) is 6.92 Å². The minimum Gasteiger partial charge on any atom is -0.466 e. The predicted octanol–water partition coefficient (Wildman–Crippen LogP) is 1.08. The number of esters is 1. The van der Waals surface area contributed by atoms with Gasteiger partial charge in [0.05, 0.1) is 98.9 Å². The first-order valence-corrected chi connectivity index (χ1v) is 10.0. The largest absolute Gasteiger partial charge is 0.466 e. The molecule has 0 rings (SSSR count). The number of ether oxygens (including phenoxy) is 8. The van der Waals surface area contributed by atoms with Crippen LogP contribution in [0.5, 0.6) is 0 Å². The number of carbonyl (C=O) groups excluding carboxylic acids is 1. The van der Waals surface area contributed by atoms with Crippen LogP contribution < -0.4 is 0 Å². The SMILES string of the molecule is CCOCCOCCOCCOCCOCCOCCOCCC(=O)OCC. The lowest BCUT2D eigenvalue weighted by atomic mass is 10.5. The average Bonchev–Trinajstić information content (AvgIpc) is 2.69. The van der Waals surface area contributed by atoms with Gasteiger partial charge in [-0.25, -0.2) is 0 Å². The molecular weight excluding hydrogens is 372 g/mol. The van der Waals surface area contributed by atoms with E-state index >= 15 is 0 Å². The Hall–Kier alpha value is -0.810. The second-order valence-electron chi connectivity index (χ2n) is 5.43. The van der Waals surface area contributed by atoms with Gasteiger partial charge in [-0.15, -0.1) is 0 Å². The van der Waals surface area contributed by atoms with E-state index in [2.05, 4.69) is 0 Å². The second kappa shape index (κ2) is 24.2. The first-order valence-electron chi connectivity index (χ1n) is 10.0. The summed E-state index contributed by atoms with van der Waals surface area (Å²) in [6.45, 7) is 11.5. The van der Waals surface area contributed by atoms with Crippen LogP contribution in [-0.4, -0.2) is 105 Å². The molecule has 0 fully saturated rings. The van der Waals surface area contributed by atoms with Gasteiger partial charge in [-0.05, 0) is 13.8 Å². The van der Waals surface area contributed by atoms with Gasteiger partial charge in [0.2, 0.25) is 0 Å². The Morgan fingerprint density at radius 3 is 1.11 bits per heavy atom. The maximum atomic E-state index is 11.1. The fourth-order valence-electron chi connectivity index (χ4n) is 1.85. The lowest BCUT2D eigenvalue weighted by Crippen LogP contribution is -2.15. The summed E-state index contributed by atoms with van der Waals surface area (Å²) in [6.07, 6.45) is 0.268. The van der Waals surface area contributed by atoms with Gasteiger partial charge in [-0.1, -0.05) is 0 Å². The van der Waals surface area contributed by atoms with E-state index in [9.17, 15) is 4.79 Å². The molecule has 0 saturated heterocycles. The molecule has 0 aliphatic carbocycles. The summed E-state index contributed by atoms with van der Waals surface area (Å²) < 4.78 is 42.1. The zero-order valence-electron chi connectivity index (χ0n) is 17.5. The summed E-state index contributed by atoms with van der Waals surface area (Å²) in [5, 5.41) is 0. The van der Waals surface area contributed by atoms with Gasteiger partial charge in [0.15, 0.2) is 0 Å². The van der Waals surface area contributed by atoms with Gasteiger partial charge >= 0.3 is 5.97 Å². The van der Waals surface area contributed by atoms with Crippen molar-refractivity contribution in [3.8, 4) is 0 Å². The molecule has 0 atom stereocenters. The Balaban J connectivity index is 3.02. The standard InChI is InChI=1S/C19H38O9/c1-3-21-7-8-23-11-12-25-15-16-27-18-17-26-14-13-24-10-9-22-6-5-19(20)28-4-2/h3-18H2,1-2H3. The minimum atomic E-state index is -0.243. The topological polar surface area (TPSA) is 90.9 Å². The second-order valence-corrected chi connectivity index (χ2v) is 5.43. The molecule has 0 spiro atoms. The zero-order valence-corrected chi connectivity index (χ0v) is 17.5. The Kier molecular flexibility index (Phi) is 23.5. The lowest BCUT2D eigenvalue weighted by Gasteiger charge is -2.08. The summed E-state index contributed by atoms with van der Waals surface area (Å²) in [4.78, 5) is 11.1. The highest BCUT2D eigenvalue weighted by atomic mass is 16.6. The highest BCUT2D eigenvalue weighted by Gasteiger charge is 2.00. The third-order valence-corrected chi connectivity index (χ3v) is 3.19. The van der Waals surface area contributed by atoms with E-state index in [0.717, 1.165) is 0 Å². The Morgan fingerprint density at radius 2 is 0.786 bits per heavy atom.